The van der Waals surface area contributed by atoms with Crippen molar-refractivity contribution in [1.29, 1.82) is 0 Å². The van der Waals surface area contributed by atoms with Crippen LogP contribution in [-0.4, -0.2) is 0 Å². The molecular weight excluding hydrogens is 408 g/mol. The summed E-state index contributed by atoms with van der Waals surface area (Å²) in [6, 6.07) is 48.7. The minimum atomic E-state index is 1.24. The molecule has 0 aromatic heterocycles. The molecule has 7 aromatic rings. The minimum Gasteiger partial charge on any atom is -0.0622 e. The standard InChI is InChI=1S/C34H22/c1-3-9-23(10-4-1)32-16-15-27-19-30-20-28-17-25-13-7-8-14-26(25)18-29(28)21-31(30)22-33(27)34(32)24-11-5-2-6-12-24/h1-22H. The van der Waals surface area contributed by atoms with E-state index < -0.39 is 0 Å². The minimum absolute atomic E-state index is 1.24. The van der Waals surface area contributed by atoms with Crippen molar-refractivity contribution in [2.75, 3.05) is 0 Å². The van der Waals surface area contributed by atoms with E-state index in [4.69, 9.17) is 0 Å². The molecule has 0 amide bonds. The first-order chi connectivity index (χ1) is 16.8. The van der Waals surface area contributed by atoms with E-state index >= 15 is 0 Å². The van der Waals surface area contributed by atoms with Gasteiger partial charge in [-0.05, 0) is 102 Å². The van der Waals surface area contributed by atoms with E-state index in [9.17, 15) is 0 Å². The van der Waals surface area contributed by atoms with Crippen LogP contribution in [0, 0.1) is 0 Å². The molecule has 7 rings (SSSR count). The topological polar surface area (TPSA) is 0 Å². The van der Waals surface area contributed by atoms with Gasteiger partial charge in [0.15, 0.2) is 0 Å². The van der Waals surface area contributed by atoms with Gasteiger partial charge in [-0.1, -0.05) is 97.1 Å². The third-order valence-electron chi connectivity index (χ3n) is 6.94. The Bertz CT molecular complexity index is 1830. The van der Waals surface area contributed by atoms with E-state index in [1.54, 1.807) is 0 Å². The molecule has 0 spiro atoms. The van der Waals surface area contributed by atoms with Crippen LogP contribution in [0.5, 0.6) is 0 Å². The Hall–Kier alpha value is -4.42. The number of hydrogen-bond donors (Lipinski definition) is 0. The zero-order chi connectivity index (χ0) is 22.5. The van der Waals surface area contributed by atoms with Gasteiger partial charge in [0.2, 0.25) is 0 Å². The van der Waals surface area contributed by atoms with Gasteiger partial charge in [-0.25, -0.2) is 0 Å². The molecule has 0 aliphatic carbocycles. The van der Waals surface area contributed by atoms with Gasteiger partial charge < -0.3 is 0 Å². The van der Waals surface area contributed by atoms with Gasteiger partial charge in [0.25, 0.3) is 0 Å². The summed E-state index contributed by atoms with van der Waals surface area (Å²) < 4.78 is 0. The normalized spacial score (nSPS) is 11.5. The number of rotatable bonds is 2. The first-order valence-electron chi connectivity index (χ1n) is 11.8. The third-order valence-corrected chi connectivity index (χ3v) is 6.94. The maximum atomic E-state index is 2.38. The molecule has 0 unspecified atom stereocenters. The number of hydrogen-bond acceptors (Lipinski definition) is 0. The maximum Gasteiger partial charge on any atom is -0.00266 e. The zero-order valence-electron chi connectivity index (χ0n) is 18.7. The van der Waals surface area contributed by atoms with Crippen LogP contribution in [0.15, 0.2) is 133 Å². The highest BCUT2D eigenvalue weighted by atomic mass is 14.2. The average Bonchev–Trinajstić information content (AvgIpc) is 2.90. The van der Waals surface area contributed by atoms with Gasteiger partial charge in [0, 0.05) is 0 Å². The molecule has 0 bridgehead atoms. The highest BCUT2D eigenvalue weighted by Gasteiger charge is 2.13. The predicted molar refractivity (Wildman–Crippen MR) is 147 cm³/mol. The van der Waals surface area contributed by atoms with E-state index in [1.807, 2.05) is 0 Å². The lowest BCUT2D eigenvalue weighted by Gasteiger charge is -2.15. The summed E-state index contributed by atoms with van der Waals surface area (Å²) in [5, 5.41) is 10.3. The first-order valence-corrected chi connectivity index (χ1v) is 11.8. The average molecular weight is 431 g/mol. The smallest absolute Gasteiger partial charge is 0.00266 e. The highest BCUT2D eigenvalue weighted by Crippen LogP contribution is 2.40. The number of benzene rings is 7. The molecule has 0 radical (unpaired) electrons. The van der Waals surface area contributed by atoms with Crippen LogP contribution >= 0.6 is 0 Å². The van der Waals surface area contributed by atoms with E-state index in [1.165, 1.54) is 65.3 Å². The zero-order valence-corrected chi connectivity index (χ0v) is 18.7. The third kappa shape index (κ3) is 3.08. The summed E-state index contributed by atoms with van der Waals surface area (Å²) in [4.78, 5) is 0. The lowest BCUT2D eigenvalue weighted by Crippen LogP contribution is -1.89. The van der Waals surface area contributed by atoms with Crippen molar-refractivity contribution in [1.82, 2.24) is 0 Å². The quantitative estimate of drug-likeness (QED) is 0.239. The monoisotopic (exact) mass is 430 g/mol. The molecule has 34 heavy (non-hydrogen) atoms. The van der Waals surface area contributed by atoms with E-state index in [0.29, 0.717) is 0 Å². The molecular formula is C34H22. The molecule has 0 saturated heterocycles. The Morgan fingerprint density at radius 3 is 1.38 bits per heavy atom. The van der Waals surface area contributed by atoms with Crippen molar-refractivity contribution in [3.05, 3.63) is 133 Å². The van der Waals surface area contributed by atoms with Gasteiger partial charge in [-0.2, -0.15) is 0 Å². The largest absolute Gasteiger partial charge is 0.0622 e. The van der Waals surface area contributed by atoms with Crippen molar-refractivity contribution >= 4 is 43.1 Å². The van der Waals surface area contributed by atoms with Gasteiger partial charge >= 0.3 is 0 Å². The van der Waals surface area contributed by atoms with E-state index in [-0.39, 0.29) is 0 Å². The second-order valence-electron chi connectivity index (χ2n) is 9.04. The molecule has 0 heterocycles. The molecule has 0 heteroatoms. The molecule has 7 aromatic carbocycles. The maximum absolute atomic E-state index is 2.38. The van der Waals surface area contributed by atoms with Crippen molar-refractivity contribution in [2.45, 2.75) is 0 Å². The second kappa shape index (κ2) is 7.57. The first kappa shape index (κ1) is 19.1. The lowest BCUT2D eigenvalue weighted by atomic mass is 9.88. The molecule has 158 valence electrons. The molecule has 0 aliphatic rings. The van der Waals surface area contributed by atoms with Gasteiger partial charge in [0.05, 0.1) is 0 Å². The SMILES string of the molecule is c1ccc(-c2ccc3cc4cc5cc6ccccc6cc5cc4cc3c2-c2ccccc2)cc1. The molecule has 0 saturated carbocycles. The van der Waals surface area contributed by atoms with Crippen LogP contribution < -0.4 is 0 Å². The Morgan fingerprint density at radius 1 is 0.294 bits per heavy atom. The summed E-state index contributed by atoms with van der Waals surface area (Å²) in [5.41, 5.74) is 5.06. The Morgan fingerprint density at radius 2 is 0.765 bits per heavy atom. The highest BCUT2D eigenvalue weighted by molar-refractivity contribution is 6.12. The van der Waals surface area contributed by atoms with Gasteiger partial charge in [0.1, 0.15) is 0 Å². The van der Waals surface area contributed by atoms with Crippen molar-refractivity contribution in [2.24, 2.45) is 0 Å². The number of fused-ring (bicyclic) bond motifs is 4. The van der Waals surface area contributed by atoms with Gasteiger partial charge in [-0.3, -0.25) is 0 Å². The molecule has 0 aliphatic heterocycles. The fourth-order valence-corrected chi connectivity index (χ4v) is 5.29. The van der Waals surface area contributed by atoms with Crippen molar-refractivity contribution in [3.63, 3.8) is 0 Å². The van der Waals surface area contributed by atoms with Crippen LogP contribution in [0.25, 0.3) is 65.3 Å². The van der Waals surface area contributed by atoms with Crippen molar-refractivity contribution < 1.29 is 0 Å². The van der Waals surface area contributed by atoms with E-state index in [0.717, 1.165) is 0 Å². The molecule has 0 fully saturated rings. The van der Waals surface area contributed by atoms with Crippen LogP contribution in [-0.2, 0) is 0 Å². The summed E-state index contributed by atoms with van der Waals surface area (Å²) in [6.07, 6.45) is 0. The lowest BCUT2D eigenvalue weighted by molar-refractivity contribution is 1.61. The van der Waals surface area contributed by atoms with E-state index in [2.05, 4.69) is 133 Å². The second-order valence-corrected chi connectivity index (χ2v) is 9.04. The predicted octanol–water partition coefficient (Wildman–Crippen LogP) is 9.63. The Kier molecular flexibility index (Phi) is 4.25. The molecule has 0 atom stereocenters. The fraction of sp³-hybridized carbons (Fsp3) is 0. The van der Waals surface area contributed by atoms with Crippen LogP contribution in [0.3, 0.4) is 0 Å². The van der Waals surface area contributed by atoms with Gasteiger partial charge in [-0.15, -0.1) is 0 Å². The Balaban J connectivity index is 1.56. The summed E-state index contributed by atoms with van der Waals surface area (Å²) >= 11 is 0. The fourth-order valence-electron chi connectivity index (χ4n) is 5.29. The summed E-state index contributed by atoms with van der Waals surface area (Å²) in [6.45, 7) is 0. The van der Waals surface area contributed by atoms with Crippen molar-refractivity contribution in [3.8, 4) is 22.3 Å². The molecule has 0 N–H and O–H groups in total. The summed E-state index contributed by atoms with van der Waals surface area (Å²) in [7, 11) is 0. The Labute approximate surface area is 198 Å². The van der Waals surface area contributed by atoms with Crippen LogP contribution in [0.4, 0.5) is 0 Å². The molecule has 0 nitrogen and oxygen atoms in total. The summed E-state index contributed by atoms with van der Waals surface area (Å²) in [5.74, 6) is 0. The van der Waals surface area contributed by atoms with Crippen LogP contribution in [0.1, 0.15) is 0 Å². The van der Waals surface area contributed by atoms with Crippen LogP contribution in [0.2, 0.25) is 0 Å².